The van der Waals surface area contributed by atoms with Crippen molar-refractivity contribution in [3.63, 3.8) is 0 Å². The first-order chi connectivity index (χ1) is 12.3. The number of methoxy groups -OCH3 is 1. The predicted molar refractivity (Wildman–Crippen MR) is 96.7 cm³/mol. The van der Waals surface area contributed by atoms with Gasteiger partial charge in [-0.1, -0.05) is 17.7 Å². The molecular formula is C17H15ClN2O5S. The van der Waals surface area contributed by atoms with Crippen molar-refractivity contribution in [2.24, 2.45) is 5.14 Å². The molecule has 0 amide bonds. The van der Waals surface area contributed by atoms with Gasteiger partial charge < -0.3 is 14.8 Å². The highest BCUT2D eigenvalue weighted by Crippen LogP contribution is 2.33. The van der Waals surface area contributed by atoms with E-state index in [4.69, 9.17) is 26.2 Å². The number of nitrogens with two attached hydrogens (primary N) is 1. The van der Waals surface area contributed by atoms with E-state index in [-0.39, 0.29) is 16.3 Å². The summed E-state index contributed by atoms with van der Waals surface area (Å²) in [6, 6.07) is 10.6. The van der Waals surface area contributed by atoms with Crippen LogP contribution in [0.4, 0.5) is 5.69 Å². The Morgan fingerprint density at radius 3 is 2.73 bits per heavy atom. The number of halogens is 1. The molecule has 136 valence electrons. The molecule has 2 aromatic carbocycles. The van der Waals surface area contributed by atoms with Crippen LogP contribution in [0.3, 0.4) is 0 Å². The minimum absolute atomic E-state index is 0.0486. The third kappa shape index (κ3) is 3.73. The van der Waals surface area contributed by atoms with Crippen LogP contribution < -0.4 is 15.2 Å². The highest BCUT2D eigenvalue weighted by molar-refractivity contribution is 7.89. The minimum atomic E-state index is -3.83. The second-order valence-corrected chi connectivity index (χ2v) is 7.47. The highest BCUT2D eigenvalue weighted by atomic mass is 35.5. The number of nitrogens with one attached hydrogen (secondary N) is 1. The standard InChI is InChI=1S/C17H15ClN2O5S/c1-24-17-14(16(21)13-7-10(18)5-6-15(13)25-17)9-20-11-3-2-4-12(8-11)26(19,22)23/h2-9,17,20H,1H3,(H2,19,22,23)/b14-9+. The van der Waals surface area contributed by atoms with Gasteiger partial charge in [-0.3, -0.25) is 4.79 Å². The Morgan fingerprint density at radius 1 is 1.27 bits per heavy atom. The fourth-order valence-corrected chi connectivity index (χ4v) is 3.19. The van der Waals surface area contributed by atoms with Gasteiger partial charge in [0.15, 0.2) is 0 Å². The van der Waals surface area contributed by atoms with Crippen LogP contribution >= 0.6 is 11.6 Å². The van der Waals surface area contributed by atoms with Crippen LogP contribution in [-0.2, 0) is 14.8 Å². The summed E-state index contributed by atoms with van der Waals surface area (Å²) < 4.78 is 33.8. The molecule has 0 fully saturated rings. The van der Waals surface area contributed by atoms with Gasteiger partial charge >= 0.3 is 0 Å². The molecule has 2 aromatic rings. The third-order valence-corrected chi connectivity index (χ3v) is 4.85. The van der Waals surface area contributed by atoms with Gasteiger partial charge in [-0.2, -0.15) is 0 Å². The Bertz CT molecular complexity index is 1000. The monoisotopic (exact) mass is 394 g/mol. The maximum absolute atomic E-state index is 12.7. The molecule has 7 nitrogen and oxygen atoms in total. The Balaban J connectivity index is 1.93. The molecule has 9 heteroatoms. The fourth-order valence-electron chi connectivity index (χ4n) is 2.46. The molecule has 0 bridgehead atoms. The number of benzene rings is 2. The third-order valence-electron chi connectivity index (χ3n) is 3.71. The van der Waals surface area contributed by atoms with Gasteiger partial charge in [0.05, 0.1) is 16.0 Å². The second-order valence-electron chi connectivity index (χ2n) is 5.47. The van der Waals surface area contributed by atoms with Gasteiger partial charge in [0, 0.05) is 24.0 Å². The number of Topliss-reactive ketones (excluding diaryl/α,β-unsaturated/α-hetero) is 1. The second kappa shape index (κ2) is 7.08. The van der Waals surface area contributed by atoms with E-state index in [1.807, 2.05) is 0 Å². The van der Waals surface area contributed by atoms with Crippen molar-refractivity contribution < 1.29 is 22.7 Å². The molecule has 0 aromatic heterocycles. The van der Waals surface area contributed by atoms with Crippen molar-refractivity contribution in [3.05, 3.63) is 64.8 Å². The lowest BCUT2D eigenvalue weighted by Crippen LogP contribution is -2.32. The summed E-state index contributed by atoms with van der Waals surface area (Å²) >= 11 is 5.95. The van der Waals surface area contributed by atoms with Gasteiger partial charge in [-0.15, -0.1) is 0 Å². The molecule has 1 atom stereocenters. The van der Waals surface area contributed by atoms with Crippen molar-refractivity contribution >= 4 is 33.1 Å². The van der Waals surface area contributed by atoms with Crippen LogP contribution in [0.15, 0.2) is 59.1 Å². The normalized spacial score (nSPS) is 18.3. The van der Waals surface area contributed by atoms with E-state index in [2.05, 4.69) is 5.32 Å². The zero-order chi connectivity index (χ0) is 18.9. The summed E-state index contributed by atoms with van der Waals surface area (Å²) in [5.74, 6) is 0.0651. The number of carbonyl (C=O) groups excluding carboxylic acids is 1. The van der Waals surface area contributed by atoms with Crippen molar-refractivity contribution in [2.75, 3.05) is 12.4 Å². The SMILES string of the molecule is COC1Oc2ccc(Cl)cc2C(=O)/C1=C\Nc1cccc(S(N)(=O)=O)c1. The number of hydrogen-bond acceptors (Lipinski definition) is 6. The fraction of sp³-hybridized carbons (Fsp3) is 0.118. The van der Waals surface area contributed by atoms with Crippen LogP contribution in [0.2, 0.25) is 5.02 Å². The molecule has 0 saturated heterocycles. The molecular weight excluding hydrogens is 380 g/mol. The van der Waals surface area contributed by atoms with Crippen molar-refractivity contribution in [2.45, 2.75) is 11.2 Å². The van der Waals surface area contributed by atoms with Gasteiger partial charge in [0.25, 0.3) is 0 Å². The van der Waals surface area contributed by atoms with E-state index in [0.717, 1.165) is 0 Å². The van der Waals surface area contributed by atoms with Gasteiger partial charge in [0.2, 0.25) is 22.1 Å². The van der Waals surface area contributed by atoms with Crippen LogP contribution in [0.1, 0.15) is 10.4 Å². The number of hydrogen-bond donors (Lipinski definition) is 2. The lowest BCUT2D eigenvalue weighted by atomic mass is 10.00. The minimum Gasteiger partial charge on any atom is -0.460 e. The molecule has 1 heterocycles. The lowest BCUT2D eigenvalue weighted by Gasteiger charge is -2.26. The molecule has 1 unspecified atom stereocenters. The molecule has 1 aliphatic heterocycles. The van der Waals surface area contributed by atoms with Crippen LogP contribution in [0.5, 0.6) is 5.75 Å². The average Bonchev–Trinajstić information content (AvgIpc) is 2.60. The summed E-state index contributed by atoms with van der Waals surface area (Å²) in [5, 5.41) is 8.40. The summed E-state index contributed by atoms with van der Waals surface area (Å²) in [6.07, 6.45) is 0.493. The van der Waals surface area contributed by atoms with Crippen molar-refractivity contribution in [3.8, 4) is 5.75 Å². The van der Waals surface area contributed by atoms with E-state index >= 15 is 0 Å². The van der Waals surface area contributed by atoms with E-state index in [0.29, 0.717) is 22.0 Å². The molecule has 3 N–H and O–H groups in total. The molecule has 0 spiro atoms. The number of ether oxygens (including phenoxy) is 2. The van der Waals surface area contributed by atoms with E-state index in [1.54, 1.807) is 18.2 Å². The smallest absolute Gasteiger partial charge is 0.238 e. The zero-order valence-corrected chi connectivity index (χ0v) is 15.2. The number of fused-ring (bicyclic) bond motifs is 1. The average molecular weight is 395 g/mol. The van der Waals surface area contributed by atoms with Gasteiger partial charge in [-0.25, -0.2) is 13.6 Å². The van der Waals surface area contributed by atoms with Crippen LogP contribution in [0.25, 0.3) is 0 Å². The zero-order valence-electron chi connectivity index (χ0n) is 13.6. The Morgan fingerprint density at radius 2 is 2.04 bits per heavy atom. The Kier molecular flexibility index (Phi) is 5.01. The molecule has 26 heavy (non-hydrogen) atoms. The van der Waals surface area contributed by atoms with E-state index in [1.165, 1.54) is 37.6 Å². The molecule has 1 aliphatic rings. The molecule has 0 radical (unpaired) electrons. The lowest BCUT2D eigenvalue weighted by molar-refractivity contribution is -0.0283. The topological polar surface area (TPSA) is 108 Å². The van der Waals surface area contributed by atoms with E-state index < -0.39 is 16.3 Å². The van der Waals surface area contributed by atoms with Gasteiger partial charge in [-0.05, 0) is 36.4 Å². The van der Waals surface area contributed by atoms with Crippen LogP contribution in [0, 0.1) is 0 Å². The maximum atomic E-state index is 12.7. The first-order valence-corrected chi connectivity index (χ1v) is 9.35. The number of carbonyl (C=O) groups is 1. The predicted octanol–water partition coefficient (Wildman–Crippen LogP) is 2.53. The highest BCUT2D eigenvalue weighted by Gasteiger charge is 2.32. The Hall–Kier alpha value is -2.39. The molecule has 3 rings (SSSR count). The largest absolute Gasteiger partial charge is 0.460 e. The van der Waals surface area contributed by atoms with E-state index in [9.17, 15) is 13.2 Å². The summed E-state index contributed by atoms with van der Waals surface area (Å²) in [6.45, 7) is 0. The van der Waals surface area contributed by atoms with Crippen molar-refractivity contribution in [1.82, 2.24) is 0 Å². The quantitative estimate of drug-likeness (QED) is 0.771. The maximum Gasteiger partial charge on any atom is 0.238 e. The number of primary sulfonamides is 1. The summed E-state index contributed by atoms with van der Waals surface area (Å²) in [4.78, 5) is 12.7. The van der Waals surface area contributed by atoms with Gasteiger partial charge in [0.1, 0.15) is 5.75 Å². The number of rotatable bonds is 4. The molecule has 0 aliphatic carbocycles. The summed E-state index contributed by atoms with van der Waals surface area (Å²) in [7, 11) is -2.42. The summed E-state index contributed by atoms with van der Waals surface area (Å²) in [5.41, 5.74) is 0.962. The number of sulfonamides is 1. The first kappa shape index (κ1) is 18.4. The first-order valence-electron chi connectivity index (χ1n) is 7.43. The van der Waals surface area contributed by atoms with Crippen molar-refractivity contribution in [1.29, 1.82) is 0 Å². The molecule has 0 saturated carbocycles. The number of anilines is 1. The van der Waals surface area contributed by atoms with Crippen LogP contribution in [-0.4, -0.2) is 27.6 Å². The number of ketones is 1. The Labute approximate surface area is 155 Å².